The molecular weight excluding hydrogens is 392 g/mol. The molecule has 0 radical (unpaired) electrons. The minimum Gasteiger partial charge on any atom is -0.341 e. The van der Waals surface area contributed by atoms with Gasteiger partial charge in [-0.2, -0.15) is 5.26 Å². The third-order valence-electron chi connectivity index (χ3n) is 4.90. The summed E-state index contributed by atoms with van der Waals surface area (Å²) in [7, 11) is 0. The molecule has 1 aliphatic heterocycles. The predicted octanol–water partition coefficient (Wildman–Crippen LogP) is 2.85. The second-order valence-electron chi connectivity index (χ2n) is 6.81. The zero-order valence-corrected chi connectivity index (χ0v) is 16.2. The molecule has 4 rings (SSSR count). The average Bonchev–Trinajstić information content (AvgIpc) is 2.75. The second kappa shape index (κ2) is 7.97. The number of para-hydroxylation sites is 1. The lowest BCUT2D eigenvalue weighted by Crippen LogP contribution is -2.31. The fourth-order valence-electron chi connectivity index (χ4n) is 3.40. The molecule has 9 heteroatoms. The summed E-state index contributed by atoms with van der Waals surface area (Å²) in [5.74, 6) is -1.59. The molecule has 0 spiro atoms. The third-order valence-corrected chi connectivity index (χ3v) is 5.18. The number of anilines is 1. The lowest BCUT2D eigenvalue weighted by Gasteiger charge is -2.26. The molecule has 1 unspecified atom stereocenters. The van der Waals surface area contributed by atoms with Crippen LogP contribution in [0.25, 0.3) is 10.9 Å². The Morgan fingerprint density at radius 3 is 2.72 bits per heavy atom. The number of benzene rings is 1. The van der Waals surface area contributed by atoms with Crippen molar-refractivity contribution in [1.82, 2.24) is 19.9 Å². The number of rotatable bonds is 4. The SMILES string of the molecule is N#CC(C(=O)c1nc(N2CCCCC2)ncc1Cl)c1nc2ccccc2c(=O)[nH]1. The van der Waals surface area contributed by atoms with Gasteiger partial charge in [0.1, 0.15) is 11.5 Å². The van der Waals surface area contributed by atoms with Crippen LogP contribution < -0.4 is 10.5 Å². The number of aromatic nitrogens is 4. The number of nitrogens with zero attached hydrogens (tertiary/aromatic N) is 5. The number of hydrogen-bond donors (Lipinski definition) is 1. The molecule has 1 aliphatic rings. The number of carbonyl (C=O) groups is 1. The molecule has 3 aromatic rings. The lowest BCUT2D eigenvalue weighted by molar-refractivity contribution is 0.0971. The number of hydrogen-bond acceptors (Lipinski definition) is 7. The van der Waals surface area contributed by atoms with Crippen LogP contribution in [0.3, 0.4) is 0 Å². The van der Waals surface area contributed by atoms with E-state index >= 15 is 0 Å². The first-order valence-electron chi connectivity index (χ1n) is 9.29. The van der Waals surface area contributed by atoms with E-state index in [1.807, 2.05) is 11.0 Å². The molecule has 1 N–H and O–H groups in total. The van der Waals surface area contributed by atoms with Crippen molar-refractivity contribution >= 4 is 34.2 Å². The Kier molecular flexibility index (Phi) is 5.23. The summed E-state index contributed by atoms with van der Waals surface area (Å²) in [6.45, 7) is 1.60. The van der Waals surface area contributed by atoms with Crippen molar-refractivity contribution in [3.63, 3.8) is 0 Å². The van der Waals surface area contributed by atoms with Crippen LogP contribution >= 0.6 is 11.6 Å². The third kappa shape index (κ3) is 3.69. The maximum absolute atomic E-state index is 13.1. The van der Waals surface area contributed by atoms with Gasteiger partial charge in [-0.1, -0.05) is 23.7 Å². The number of nitrogens with one attached hydrogen (secondary N) is 1. The summed E-state index contributed by atoms with van der Waals surface area (Å²) < 4.78 is 0. The highest BCUT2D eigenvalue weighted by Gasteiger charge is 2.29. The zero-order valence-electron chi connectivity index (χ0n) is 15.4. The monoisotopic (exact) mass is 408 g/mol. The maximum atomic E-state index is 13.1. The summed E-state index contributed by atoms with van der Waals surface area (Å²) in [5.41, 5.74) is -0.0619. The Balaban J connectivity index is 1.73. The fourth-order valence-corrected chi connectivity index (χ4v) is 3.58. The van der Waals surface area contributed by atoms with E-state index in [1.165, 1.54) is 6.20 Å². The molecule has 0 saturated carbocycles. The maximum Gasteiger partial charge on any atom is 0.258 e. The van der Waals surface area contributed by atoms with E-state index < -0.39 is 17.3 Å². The summed E-state index contributed by atoms with van der Waals surface area (Å²) in [4.78, 5) is 42.8. The van der Waals surface area contributed by atoms with Gasteiger partial charge in [0.15, 0.2) is 5.92 Å². The molecule has 2 aromatic heterocycles. The summed E-state index contributed by atoms with van der Waals surface area (Å²) in [5, 5.41) is 10.1. The van der Waals surface area contributed by atoms with Crippen LogP contribution in [0.2, 0.25) is 5.02 Å². The van der Waals surface area contributed by atoms with Crippen molar-refractivity contribution in [1.29, 1.82) is 5.26 Å². The number of carbonyl (C=O) groups excluding carboxylic acids is 1. The van der Waals surface area contributed by atoms with Crippen LogP contribution in [0.4, 0.5) is 5.95 Å². The van der Waals surface area contributed by atoms with Gasteiger partial charge in [0.25, 0.3) is 5.56 Å². The van der Waals surface area contributed by atoms with Crippen molar-refractivity contribution in [3.05, 3.63) is 57.4 Å². The zero-order chi connectivity index (χ0) is 20.4. The topological polar surface area (TPSA) is 116 Å². The first-order valence-corrected chi connectivity index (χ1v) is 9.66. The summed E-state index contributed by atoms with van der Waals surface area (Å²) in [6.07, 6.45) is 4.57. The number of fused-ring (bicyclic) bond motifs is 1. The van der Waals surface area contributed by atoms with Gasteiger partial charge < -0.3 is 9.88 Å². The number of halogens is 1. The second-order valence-corrected chi connectivity index (χ2v) is 7.22. The van der Waals surface area contributed by atoms with Crippen molar-refractivity contribution < 1.29 is 4.79 Å². The van der Waals surface area contributed by atoms with Gasteiger partial charge in [-0.25, -0.2) is 15.0 Å². The molecule has 0 aliphatic carbocycles. The van der Waals surface area contributed by atoms with Gasteiger partial charge in [-0.3, -0.25) is 9.59 Å². The predicted molar refractivity (Wildman–Crippen MR) is 108 cm³/mol. The Morgan fingerprint density at radius 2 is 1.97 bits per heavy atom. The molecule has 146 valence electrons. The van der Waals surface area contributed by atoms with Crippen LogP contribution in [0.5, 0.6) is 0 Å². The van der Waals surface area contributed by atoms with Gasteiger partial charge >= 0.3 is 0 Å². The Labute approximate surface area is 171 Å². The van der Waals surface area contributed by atoms with E-state index in [0.717, 1.165) is 32.4 Å². The number of H-pyrrole nitrogens is 1. The molecule has 3 heterocycles. The van der Waals surface area contributed by atoms with E-state index in [9.17, 15) is 14.9 Å². The molecule has 0 bridgehead atoms. The van der Waals surface area contributed by atoms with Crippen LogP contribution in [-0.4, -0.2) is 38.8 Å². The van der Waals surface area contributed by atoms with Crippen LogP contribution in [0, 0.1) is 11.3 Å². The average molecular weight is 409 g/mol. The summed E-state index contributed by atoms with van der Waals surface area (Å²) in [6, 6.07) is 8.64. The molecule has 29 heavy (non-hydrogen) atoms. The van der Waals surface area contributed by atoms with Gasteiger partial charge in [0.2, 0.25) is 11.7 Å². The van der Waals surface area contributed by atoms with E-state index in [-0.39, 0.29) is 16.5 Å². The number of nitriles is 1. The molecule has 1 saturated heterocycles. The van der Waals surface area contributed by atoms with Crippen LogP contribution in [-0.2, 0) is 0 Å². The number of aromatic amines is 1. The minimum absolute atomic E-state index is 0.0320. The van der Waals surface area contributed by atoms with E-state index in [0.29, 0.717) is 16.9 Å². The number of Topliss-reactive ketones (excluding diaryl/α,β-unsaturated/α-hetero) is 1. The Hall–Kier alpha value is -3.31. The minimum atomic E-state index is -1.34. The molecular formula is C20H17ClN6O2. The highest BCUT2D eigenvalue weighted by atomic mass is 35.5. The van der Waals surface area contributed by atoms with Crippen molar-refractivity contribution in [3.8, 4) is 6.07 Å². The largest absolute Gasteiger partial charge is 0.341 e. The standard InChI is InChI=1S/C20H17ClN6O2/c21-14-11-23-20(27-8-4-1-5-9-27)25-16(14)17(28)13(10-22)18-24-15-7-3-2-6-12(15)19(29)26-18/h2-3,6-7,11,13H,1,4-5,8-9H2,(H,24,26,29). The Morgan fingerprint density at radius 1 is 1.21 bits per heavy atom. The fraction of sp³-hybridized carbons (Fsp3) is 0.300. The van der Waals surface area contributed by atoms with Gasteiger partial charge in [0.05, 0.1) is 28.2 Å². The smallest absolute Gasteiger partial charge is 0.258 e. The molecule has 1 fully saturated rings. The van der Waals surface area contributed by atoms with E-state index in [4.69, 9.17) is 11.6 Å². The van der Waals surface area contributed by atoms with Crippen molar-refractivity contribution in [2.45, 2.75) is 25.2 Å². The molecule has 0 amide bonds. The first kappa shape index (κ1) is 19.0. The quantitative estimate of drug-likeness (QED) is 0.659. The number of piperidine rings is 1. The number of ketones is 1. The highest BCUT2D eigenvalue weighted by molar-refractivity contribution is 6.33. The van der Waals surface area contributed by atoms with E-state index in [2.05, 4.69) is 19.9 Å². The summed E-state index contributed by atoms with van der Waals surface area (Å²) >= 11 is 6.18. The van der Waals surface area contributed by atoms with Gasteiger partial charge in [-0.15, -0.1) is 0 Å². The van der Waals surface area contributed by atoms with Gasteiger partial charge in [-0.05, 0) is 31.4 Å². The molecule has 1 aromatic carbocycles. The molecule has 1 atom stereocenters. The van der Waals surface area contributed by atoms with Crippen LogP contribution in [0.1, 0.15) is 41.5 Å². The first-order chi connectivity index (χ1) is 14.1. The Bertz CT molecular complexity index is 1180. The molecule has 8 nitrogen and oxygen atoms in total. The van der Waals surface area contributed by atoms with Crippen molar-refractivity contribution in [2.24, 2.45) is 0 Å². The van der Waals surface area contributed by atoms with Crippen molar-refractivity contribution in [2.75, 3.05) is 18.0 Å². The normalized spacial score (nSPS) is 15.1. The lowest BCUT2D eigenvalue weighted by atomic mass is 10.0. The highest BCUT2D eigenvalue weighted by Crippen LogP contribution is 2.24. The van der Waals surface area contributed by atoms with Crippen LogP contribution in [0.15, 0.2) is 35.3 Å². The van der Waals surface area contributed by atoms with E-state index in [1.54, 1.807) is 24.3 Å². The van der Waals surface area contributed by atoms with Gasteiger partial charge in [0, 0.05) is 13.1 Å².